The minimum absolute atomic E-state index is 0.0730. The first-order valence-electron chi connectivity index (χ1n) is 9.85. The molecule has 158 valence electrons. The van der Waals surface area contributed by atoms with Crippen molar-refractivity contribution < 1.29 is 19.1 Å². The highest BCUT2D eigenvalue weighted by molar-refractivity contribution is 9.10. The molecule has 7 heteroatoms. The van der Waals surface area contributed by atoms with Crippen LogP contribution in [0.2, 0.25) is 0 Å². The van der Waals surface area contributed by atoms with Crippen molar-refractivity contribution in [2.75, 3.05) is 6.61 Å². The number of nitrogens with zero attached hydrogens (tertiary/aromatic N) is 1. The number of halogens is 1. The molecule has 2 aromatic carbocycles. The summed E-state index contributed by atoms with van der Waals surface area (Å²) in [6, 6.07) is 13.1. The van der Waals surface area contributed by atoms with Gasteiger partial charge in [0.2, 0.25) is 0 Å². The van der Waals surface area contributed by atoms with E-state index in [1.54, 1.807) is 6.08 Å². The van der Waals surface area contributed by atoms with Gasteiger partial charge in [-0.15, -0.1) is 0 Å². The molecule has 1 aliphatic heterocycles. The summed E-state index contributed by atoms with van der Waals surface area (Å²) in [4.78, 5) is 26.9. The Morgan fingerprint density at radius 2 is 1.90 bits per heavy atom. The van der Waals surface area contributed by atoms with Crippen LogP contribution >= 0.6 is 27.7 Å². The summed E-state index contributed by atoms with van der Waals surface area (Å²) in [6.45, 7) is 6.71. The molecule has 2 amide bonds. The first-order chi connectivity index (χ1) is 14.4. The lowest BCUT2D eigenvalue weighted by Crippen LogP contribution is -2.27. The van der Waals surface area contributed by atoms with E-state index in [1.807, 2.05) is 56.3 Å². The van der Waals surface area contributed by atoms with Crippen molar-refractivity contribution in [3.63, 3.8) is 0 Å². The van der Waals surface area contributed by atoms with Crippen molar-refractivity contribution in [1.29, 1.82) is 0 Å². The Hall–Kier alpha value is -2.25. The molecule has 1 saturated heterocycles. The lowest BCUT2D eigenvalue weighted by Gasteiger charge is -2.16. The van der Waals surface area contributed by atoms with Crippen LogP contribution in [0.1, 0.15) is 38.3 Å². The molecule has 2 aromatic rings. The first kappa shape index (κ1) is 22.4. The summed E-state index contributed by atoms with van der Waals surface area (Å²) in [6.07, 6.45) is 2.68. The van der Waals surface area contributed by atoms with Gasteiger partial charge in [0.1, 0.15) is 0 Å². The third-order valence-corrected chi connectivity index (χ3v) is 6.31. The van der Waals surface area contributed by atoms with Gasteiger partial charge >= 0.3 is 0 Å². The predicted molar refractivity (Wildman–Crippen MR) is 124 cm³/mol. The Morgan fingerprint density at radius 1 is 1.13 bits per heavy atom. The number of imide groups is 1. The lowest BCUT2D eigenvalue weighted by molar-refractivity contribution is -0.123. The second kappa shape index (κ2) is 10.2. The molecule has 1 fully saturated rings. The quantitative estimate of drug-likeness (QED) is 0.409. The van der Waals surface area contributed by atoms with Gasteiger partial charge in [-0.1, -0.05) is 47.1 Å². The standard InChI is InChI=1S/C23H24BrNO4S/c1-4-15(3)29-19-11-10-16(12-20(19)28-5-2)13-21-22(26)25(23(27)30-21)14-17-8-6-7-9-18(17)24/h6-13,15H,4-5,14H2,1-3H3/b21-13+/t15-/m0/s1. The molecular formula is C23H24BrNO4S. The highest BCUT2D eigenvalue weighted by atomic mass is 79.9. The molecular weight excluding hydrogens is 466 g/mol. The Morgan fingerprint density at radius 3 is 2.60 bits per heavy atom. The fraction of sp³-hybridized carbons (Fsp3) is 0.304. The van der Waals surface area contributed by atoms with Crippen molar-refractivity contribution in [3.05, 3.63) is 63.0 Å². The number of hydrogen-bond acceptors (Lipinski definition) is 5. The SMILES string of the molecule is CCOc1cc(/C=C2/SC(=O)N(Cc3ccccc3Br)C2=O)ccc1O[C@@H](C)CC. The van der Waals surface area contributed by atoms with E-state index in [1.165, 1.54) is 4.90 Å². The van der Waals surface area contributed by atoms with Gasteiger partial charge in [-0.3, -0.25) is 14.5 Å². The third kappa shape index (κ3) is 5.26. The predicted octanol–water partition coefficient (Wildman–Crippen LogP) is 6.26. The smallest absolute Gasteiger partial charge is 0.293 e. The first-order valence-corrected chi connectivity index (χ1v) is 11.5. The number of thioether (sulfide) groups is 1. The molecule has 0 radical (unpaired) electrons. The van der Waals surface area contributed by atoms with Gasteiger partial charge in [-0.2, -0.15) is 0 Å². The molecule has 30 heavy (non-hydrogen) atoms. The highest BCUT2D eigenvalue weighted by Crippen LogP contribution is 2.36. The number of carbonyl (C=O) groups excluding carboxylic acids is 2. The van der Waals surface area contributed by atoms with Crippen LogP contribution in [-0.4, -0.2) is 28.8 Å². The number of carbonyl (C=O) groups is 2. The fourth-order valence-electron chi connectivity index (χ4n) is 2.86. The van der Waals surface area contributed by atoms with E-state index in [-0.39, 0.29) is 23.8 Å². The summed E-state index contributed by atoms with van der Waals surface area (Å²) in [5, 5.41) is -0.274. The maximum Gasteiger partial charge on any atom is 0.293 e. The van der Waals surface area contributed by atoms with Crippen LogP contribution in [0.5, 0.6) is 11.5 Å². The lowest BCUT2D eigenvalue weighted by atomic mass is 10.1. The monoisotopic (exact) mass is 489 g/mol. The minimum atomic E-state index is -0.293. The third-order valence-electron chi connectivity index (χ3n) is 4.63. The van der Waals surface area contributed by atoms with Gasteiger partial charge in [0.15, 0.2) is 11.5 Å². The molecule has 0 aromatic heterocycles. The van der Waals surface area contributed by atoms with Crippen molar-refractivity contribution in [3.8, 4) is 11.5 Å². The van der Waals surface area contributed by atoms with Crippen molar-refractivity contribution in [2.45, 2.75) is 39.8 Å². The summed E-state index contributed by atoms with van der Waals surface area (Å²) < 4.78 is 12.5. The second-order valence-corrected chi connectivity index (χ2v) is 8.68. The Bertz CT molecular complexity index is 975. The second-order valence-electron chi connectivity index (χ2n) is 6.84. The largest absolute Gasteiger partial charge is 0.490 e. The molecule has 5 nitrogen and oxygen atoms in total. The maximum absolute atomic E-state index is 12.8. The van der Waals surface area contributed by atoms with E-state index in [4.69, 9.17) is 9.47 Å². The Labute approximate surface area is 189 Å². The topological polar surface area (TPSA) is 55.8 Å². The molecule has 1 atom stereocenters. The van der Waals surface area contributed by atoms with Gasteiger partial charge in [0.05, 0.1) is 24.2 Å². The number of hydrogen-bond donors (Lipinski definition) is 0. The van der Waals surface area contributed by atoms with Crippen LogP contribution < -0.4 is 9.47 Å². The zero-order chi connectivity index (χ0) is 21.7. The van der Waals surface area contributed by atoms with E-state index < -0.39 is 0 Å². The molecule has 0 aliphatic carbocycles. The summed E-state index contributed by atoms with van der Waals surface area (Å²) >= 11 is 4.42. The van der Waals surface area contributed by atoms with Crippen molar-refractivity contribution >= 4 is 44.9 Å². The number of rotatable bonds is 8. The zero-order valence-electron chi connectivity index (χ0n) is 17.2. The van der Waals surface area contributed by atoms with Crippen molar-refractivity contribution in [1.82, 2.24) is 4.90 Å². The van der Waals surface area contributed by atoms with E-state index >= 15 is 0 Å². The van der Waals surface area contributed by atoms with Crippen LogP contribution in [0.3, 0.4) is 0 Å². The van der Waals surface area contributed by atoms with E-state index in [0.717, 1.165) is 33.8 Å². The molecule has 0 spiro atoms. The van der Waals surface area contributed by atoms with Crippen LogP contribution in [0.15, 0.2) is 51.8 Å². The van der Waals surface area contributed by atoms with E-state index in [9.17, 15) is 9.59 Å². The molecule has 3 rings (SSSR count). The van der Waals surface area contributed by atoms with Gasteiger partial charge in [-0.05, 0) is 67.4 Å². The van der Waals surface area contributed by atoms with Crippen LogP contribution in [0.4, 0.5) is 4.79 Å². The molecule has 1 heterocycles. The summed E-state index contributed by atoms with van der Waals surface area (Å²) in [5.41, 5.74) is 1.66. The number of benzene rings is 2. The normalized spacial score (nSPS) is 16.3. The Balaban J connectivity index is 1.82. The van der Waals surface area contributed by atoms with Crippen molar-refractivity contribution in [2.24, 2.45) is 0 Å². The Kier molecular flexibility index (Phi) is 7.61. The summed E-state index contributed by atoms with van der Waals surface area (Å²) in [7, 11) is 0. The molecule has 0 N–H and O–H groups in total. The molecule has 0 unspecified atom stereocenters. The summed E-state index contributed by atoms with van der Waals surface area (Å²) in [5.74, 6) is 1.00. The number of amides is 2. The number of ether oxygens (including phenoxy) is 2. The van der Waals surface area contributed by atoms with Crippen LogP contribution in [-0.2, 0) is 11.3 Å². The van der Waals surface area contributed by atoms with Gasteiger partial charge < -0.3 is 9.47 Å². The van der Waals surface area contributed by atoms with E-state index in [0.29, 0.717) is 23.0 Å². The van der Waals surface area contributed by atoms with Gasteiger partial charge in [-0.25, -0.2) is 0 Å². The fourth-order valence-corrected chi connectivity index (χ4v) is 4.11. The molecule has 0 saturated carbocycles. The average Bonchev–Trinajstić information content (AvgIpc) is 2.99. The van der Waals surface area contributed by atoms with Gasteiger partial charge in [0, 0.05) is 4.47 Å². The maximum atomic E-state index is 12.8. The van der Waals surface area contributed by atoms with Crippen LogP contribution in [0.25, 0.3) is 6.08 Å². The zero-order valence-corrected chi connectivity index (χ0v) is 19.6. The highest BCUT2D eigenvalue weighted by Gasteiger charge is 2.35. The molecule has 0 bridgehead atoms. The average molecular weight is 490 g/mol. The molecule has 1 aliphatic rings. The minimum Gasteiger partial charge on any atom is -0.490 e. The van der Waals surface area contributed by atoms with Gasteiger partial charge in [0.25, 0.3) is 11.1 Å². The van der Waals surface area contributed by atoms with E-state index in [2.05, 4.69) is 22.9 Å². The van der Waals surface area contributed by atoms with Crippen LogP contribution in [0, 0.1) is 0 Å².